The van der Waals surface area contributed by atoms with Crippen molar-refractivity contribution < 1.29 is 9.50 Å². The monoisotopic (exact) mass is 278 g/mol. The number of nitroso groups, excluding NO2 is 1. The summed E-state index contributed by atoms with van der Waals surface area (Å²) in [7, 11) is 0. The van der Waals surface area contributed by atoms with Gasteiger partial charge in [0, 0.05) is 41.9 Å². The van der Waals surface area contributed by atoms with Gasteiger partial charge in [-0.1, -0.05) is 19.3 Å². The number of hydrogen-bond acceptors (Lipinski definition) is 4. The predicted octanol–water partition coefficient (Wildman–Crippen LogP) is 1.76. The SMILES string of the molecule is O=[N+]1C=CC(N2CCOCC2)=CC1NC1CCCCC1. The fourth-order valence-electron chi connectivity index (χ4n) is 3.20. The Morgan fingerprint density at radius 3 is 2.70 bits per heavy atom. The third-order valence-corrected chi connectivity index (χ3v) is 4.38. The molecule has 0 aromatic rings. The van der Waals surface area contributed by atoms with Crippen LogP contribution < -0.4 is 5.32 Å². The van der Waals surface area contributed by atoms with E-state index in [0.717, 1.165) is 36.8 Å². The zero-order valence-electron chi connectivity index (χ0n) is 12.0. The number of rotatable bonds is 3. The van der Waals surface area contributed by atoms with Crippen LogP contribution in [0.1, 0.15) is 32.1 Å². The third-order valence-electron chi connectivity index (χ3n) is 4.38. The molecular weight excluding hydrogens is 254 g/mol. The lowest BCUT2D eigenvalue weighted by Crippen LogP contribution is -2.45. The summed E-state index contributed by atoms with van der Waals surface area (Å²) in [4.78, 5) is 14.3. The topological polar surface area (TPSA) is 44.6 Å². The van der Waals surface area contributed by atoms with E-state index in [0.29, 0.717) is 6.04 Å². The van der Waals surface area contributed by atoms with Gasteiger partial charge in [-0.2, -0.15) is 0 Å². The molecule has 5 heteroatoms. The van der Waals surface area contributed by atoms with Crippen molar-refractivity contribution >= 4 is 0 Å². The van der Waals surface area contributed by atoms with Gasteiger partial charge in [0.1, 0.15) is 0 Å². The summed E-state index contributed by atoms with van der Waals surface area (Å²) in [6.07, 6.45) is 11.7. The first-order valence-electron chi connectivity index (χ1n) is 7.77. The highest BCUT2D eigenvalue weighted by Gasteiger charge is 2.29. The van der Waals surface area contributed by atoms with E-state index in [1.807, 2.05) is 6.08 Å². The molecule has 1 saturated heterocycles. The average molecular weight is 278 g/mol. The number of morpholine rings is 1. The molecule has 20 heavy (non-hydrogen) atoms. The van der Waals surface area contributed by atoms with Gasteiger partial charge in [0.05, 0.1) is 18.0 Å². The Labute approximate surface area is 120 Å². The van der Waals surface area contributed by atoms with Crippen LogP contribution in [0.2, 0.25) is 0 Å². The number of nitrogens with one attached hydrogen (secondary N) is 1. The summed E-state index contributed by atoms with van der Waals surface area (Å²) >= 11 is 0. The second-order valence-corrected chi connectivity index (χ2v) is 5.81. The van der Waals surface area contributed by atoms with Gasteiger partial charge in [-0.15, -0.1) is 0 Å². The van der Waals surface area contributed by atoms with Crippen LogP contribution in [-0.2, 0) is 4.74 Å². The Bertz CT molecular complexity index is 407. The molecule has 110 valence electrons. The molecule has 0 aromatic carbocycles. The van der Waals surface area contributed by atoms with Gasteiger partial charge in [-0.3, -0.25) is 0 Å². The molecule has 3 aliphatic rings. The Morgan fingerprint density at radius 2 is 1.95 bits per heavy atom. The molecule has 1 saturated carbocycles. The normalized spacial score (nSPS) is 28.6. The first-order valence-corrected chi connectivity index (χ1v) is 7.77. The van der Waals surface area contributed by atoms with Gasteiger partial charge in [-0.25, -0.2) is 5.32 Å². The quantitative estimate of drug-likeness (QED) is 0.799. The second kappa shape index (κ2) is 6.50. The first kappa shape index (κ1) is 13.8. The summed E-state index contributed by atoms with van der Waals surface area (Å²) < 4.78 is 6.41. The van der Waals surface area contributed by atoms with E-state index in [9.17, 15) is 4.91 Å². The first-order chi connectivity index (χ1) is 9.83. The van der Waals surface area contributed by atoms with Gasteiger partial charge in [0.25, 0.3) is 6.17 Å². The Hall–Kier alpha value is -1.20. The number of nitrogens with zero attached hydrogens (tertiary/aromatic N) is 2. The van der Waals surface area contributed by atoms with Crippen LogP contribution in [0, 0.1) is 4.91 Å². The average Bonchev–Trinajstić information content (AvgIpc) is 2.51. The van der Waals surface area contributed by atoms with E-state index in [1.54, 1.807) is 6.20 Å². The van der Waals surface area contributed by atoms with Crippen LogP contribution in [0.25, 0.3) is 0 Å². The van der Waals surface area contributed by atoms with Crippen molar-refractivity contribution in [3.8, 4) is 0 Å². The molecule has 2 heterocycles. The van der Waals surface area contributed by atoms with Crippen molar-refractivity contribution in [2.45, 2.75) is 44.3 Å². The lowest BCUT2D eigenvalue weighted by atomic mass is 9.95. The zero-order valence-corrected chi connectivity index (χ0v) is 12.0. The van der Waals surface area contributed by atoms with Crippen LogP contribution in [0.15, 0.2) is 24.0 Å². The molecule has 2 aliphatic heterocycles. The lowest BCUT2D eigenvalue weighted by Gasteiger charge is -2.31. The molecule has 1 unspecified atom stereocenters. The molecule has 1 aliphatic carbocycles. The van der Waals surface area contributed by atoms with Crippen molar-refractivity contribution in [3.05, 3.63) is 29.0 Å². The van der Waals surface area contributed by atoms with Crippen molar-refractivity contribution in [2.24, 2.45) is 0 Å². The molecule has 3 rings (SSSR count). The van der Waals surface area contributed by atoms with E-state index in [4.69, 9.17) is 4.74 Å². The molecule has 0 amide bonds. The standard InChI is InChI=1S/C15H24N3O2/c19-18-7-6-14(17-8-10-20-11-9-17)12-15(18)16-13-4-2-1-3-5-13/h6-7,12-13,15-16H,1-5,8-11H2/q+1. The fourth-order valence-corrected chi connectivity index (χ4v) is 3.20. The fraction of sp³-hybridized carbons (Fsp3) is 0.733. The van der Waals surface area contributed by atoms with Crippen LogP contribution >= 0.6 is 0 Å². The predicted molar refractivity (Wildman–Crippen MR) is 77.0 cm³/mol. The maximum absolute atomic E-state index is 12.0. The van der Waals surface area contributed by atoms with E-state index < -0.39 is 0 Å². The maximum atomic E-state index is 12.0. The third kappa shape index (κ3) is 3.27. The minimum absolute atomic E-state index is 0.221. The van der Waals surface area contributed by atoms with E-state index in [-0.39, 0.29) is 6.17 Å². The molecule has 0 spiro atoms. The van der Waals surface area contributed by atoms with Crippen LogP contribution in [0.5, 0.6) is 0 Å². The minimum Gasteiger partial charge on any atom is -0.378 e. The van der Waals surface area contributed by atoms with Crippen LogP contribution in [-0.4, -0.2) is 48.2 Å². The largest absolute Gasteiger partial charge is 0.378 e. The van der Waals surface area contributed by atoms with Crippen molar-refractivity contribution in [1.29, 1.82) is 0 Å². The summed E-state index contributed by atoms with van der Waals surface area (Å²) in [6, 6.07) is 0.485. The van der Waals surface area contributed by atoms with Gasteiger partial charge >= 0.3 is 0 Å². The number of hydrogen-bond donors (Lipinski definition) is 1. The summed E-state index contributed by atoms with van der Waals surface area (Å²) in [6.45, 7) is 3.36. The highest BCUT2D eigenvalue weighted by molar-refractivity contribution is 5.20. The zero-order chi connectivity index (χ0) is 13.8. The van der Waals surface area contributed by atoms with E-state index >= 15 is 0 Å². The molecule has 5 nitrogen and oxygen atoms in total. The van der Waals surface area contributed by atoms with Crippen molar-refractivity contribution in [2.75, 3.05) is 26.3 Å². The maximum Gasteiger partial charge on any atom is 0.282 e. The molecule has 2 fully saturated rings. The minimum atomic E-state index is -0.221. The van der Waals surface area contributed by atoms with Gasteiger partial charge in [0.2, 0.25) is 6.20 Å². The van der Waals surface area contributed by atoms with Gasteiger partial charge < -0.3 is 9.64 Å². The van der Waals surface area contributed by atoms with Gasteiger partial charge in [-0.05, 0) is 12.8 Å². The molecule has 0 aromatic heterocycles. The Balaban J connectivity index is 1.64. The molecule has 0 bridgehead atoms. The van der Waals surface area contributed by atoms with Crippen molar-refractivity contribution in [3.63, 3.8) is 0 Å². The van der Waals surface area contributed by atoms with Crippen molar-refractivity contribution in [1.82, 2.24) is 10.2 Å². The molecular formula is C15H24N3O2+. The second-order valence-electron chi connectivity index (χ2n) is 5.81. The lowest BCUT2D eigenvalue weighted by molar-refractivity contribution is -0.518. The summed E-state index contributed by atoms with van der Waals surface area (Å²) in [5.41, 5.74) is 1.15. The van der Waals surface area contributed by atoms with Crippen LogP contribution in [0.4, 0.5) is 0 Å². The summed E-state index contributed by atoms with van der Waals surface area (Å²) in [5, 5.41) is 3.50. The molecule has 0 radical (unpaired) electrons. The van der Waals surface area contributed by atoms with Gasteiger partial charge in [0.15, 0.2) is 0 Å². The highest BCUT2D eigenvalue weighted by atomic mass is 16.5. The number of allylic oxidation sites excluding steroid dienone is 1. The Morgan fingerprint density at radius 1 is 1.20 bits per heavy atom. The number of ether oxygens (including phenoxy) is 1. The smallest absolute Gasteiger partial charge is 0.282 e. The molecule has 1 atom stereocenters. The highest BCUT2D eigenvalue weighted by Crippen LogP contribution is 2.20. The van der Waals surface area contributed by atoms with Crippen LogP contribution in [0.3, 0.4) is 0 Å². The van der Waals surface area contributed by atoms with E-state index in [2.05, 4.69) is 16.3 Å². The molecule has 1 N–H and O–H groups in total. The Kier molecular flexibility index (Phi) is 4.47. The van der Waals surface area contributed by atoms with E-state index in [1.165, 1.54) is 32.1 Å². The summed E-state index contributed by atoms with van der Waals surface area (Å²) in [5.74, 6) is 0.